The molecule has 0 unspecified atom stereocenters. The van der Waals surface area contributed by atoms with E-state index in [9.17, 15) is 4.79 Å². The van der Waals surface area contributed by atoms with Crippen LogP contribution in [0.2, 0.25) is 0 Å². The summed E-state index contributed by atoms with van der Waals surface area (Å²) in [5.74, 6) is 2.81. The minimum atomic E-state index is -0.614. The Labute approximate surface area is 145 Å². The summed E-state index contributed by atoms with van der Waals surface area (Å²) < 4.78 is 17.0. The van der Waals surface area contributed by atoms with Gasteiger partial charge in [0.25, 0.3) is 5.91 Å². The summed E-state index contributed by atoms with van der Waals surface area (Å²) in [7, 11) is 0. The molecule has 0 radical (unpaired) electrons. The average Bonchev–Trinajstić information content (AvgIpc) is 3.07. The fraction of sp³-hybridized carbons (Fsp3) is 0.500. The second-order valence-corrected chi connectivity index (χ2v) is 6.59. The van der Waals surface area contributed by atoms with Gasteiger partial charge in [0.15, 0.2) is 17.3 Å². The Bertz CT molecular complexity index is 767. The molecule has 0 bridgehead atoms. The summed E-state index contributed by atoms with van der Waals surface area (Å²) in [5.41, 5.74) is 0. The second kappa shape index (κ2) is 6.38. The van der Waals surface area contributed by atoms with Crippen LogP contribution in [0.1, 0.15) is 37.4 Å². The van der Waals surface area contributed by atoms with E-state index in [0.717, 1.165) is 12.8 Å². The molecule has 4 rings (SSSR count). The highest BCUT2D eigenvalue weighted by Gasteiger charge is 2.38. The highest BCUT2D eigenvalue weighted by atomic mass is 16.6. The second-order valence-electron chi connectivity index (χ2n) is 6.59. The fourth-order valence-electron chi connectivity index (χ4n) is 3.40. The summed E-state index contributed by atoms with van der Waals surface area (Å²) in [6, 6.07) is 7.44. The van der Waals surface area contributed by atoms with Crippen molar-refractivity contribution in [1.29, 1.82) is 0 Å². The van der Waals surface area contributed by atoms with Crippen LogP contribution in [0.5, 0.6) is 11.5 Å². The predicted octanol–water partition coefficient (Wildman–Crippen LogP) is 2.31. The Morgan fingerprint density at radius 2 is 1.84 bits per heavy atom. The third-order valence-corrected chi connectivity index (χ3v) is 4.78. The lowest BCUT2D eigenvalue weighted by molar-refractivity contribution is -0.145. The molecule has 25 heavy (non-hydrogen) atoms. The van der Waals surface area contributed by atoms with Gasteiger partial charge >= 0.3 is 0 Å². The zero-order valence-corrected chi connectivity index (χ0v) is 14.3. The Morgan fingerprint density at radius 3 is 2.48 bits per heavy atom. The lowest BCUT2D eigenvalue weighted by atomic mass is 9.96. The summed E-state index contributed by atoms with van der Waals surface area (Å²) in [6.45, 7) is 4.98. The van der Waals surface area contributed by atoms with Crippen molar-refractivity contribution >= 4 is 5.91 Å². The molecule has 0 saturated carbocycles. The zero-order valence-electron chi connectivity index (χ0n) is 14.3. The smallest absolute Gasteiger partial charge is 0.267 e. The number of piperidine rings is 1. The summed E-state index contributed by atoms with van der Waals surface area (Å²) in [5, 5.41) is 3.85. The number of carbonyl (C=O) groups excluding carboxylic acids is 1. The molecular formula is C18H21N3O4. The third-order valence-electron chi connectivity index (χ3n) is 4.78. The lowest BCUT2D eigenvalue weighted by Crippen LogP contribution is -2.52. The Kier molecular flexibility index (Phi) is 4.07. The minimum absolute atomic E-state index is 0.0258. The molecule has 7 nitrogen and oxygen atoms in total. The molecule has 1 amide bonds. The van der Waals surface area contributed by atoms with Crippen LogP contribution < -0.4 is 9.47 Å². The molecule has 2 aliphatic heterocycles. The minimum Gasteiger partial charge on any atom is -0.482 e. The number of likely N-dealkylation sites (tertiary alicyclic amines) is 1. The molecule has 2 atom stereocenters. The van der Waals surface area contributed by atoms with Crippen molar-refractivity contribution in [2.75, 3.05) is 13.1 Å². The van der Waals surface area contributed by atoms with Gasteiger partial charge in [-0.3, -0.25) is 4.79 Å². The van der Waals surface area contributed by atoms with Gasteiger partial charge in [-0.05, 0) is 38.8 Å². The molecule has 1 saturated heterocycles. The van der Waals surface area contributed by atoms with Gasteiger partial charge in [-0.1, -0.05) is 17.3 Å². The van der Waals surface area contributed by atoms with Gasteiger partial charge in [0.05, 0.1) is 0 Å². The van der Waals surface area contributed by atoms with Crippen LogP contribution in [0.25, 0.3) is 0 Å². The number of para-hydroxylation sites is 2. The summed E-state index contributed by atoms with van der Waals surface area (Å²) >= 11 is 0. The maximum atomic E-state index is 12.9. The highest BCUT2D eigenvalue weighted by Crippen LogP contribution is 2.34. The molecular weight excluding hydrogens is 322 g/mol. The van der Waals surface area contributed by atoms with Crippen LogP contribution in [0.4, 0.5) is 0 Å². The summed E-state index contributed by atoms with van der Waals surface area (Å²) in [6.07, 6.45) is 0.688. The van der Waals surface area contributed by atoms with E-state index >= 15 is 0 Å². The third kappa shape index (κ3) is 3.06. The number of ether oxygens (including phenoxy) is 2. The molecule has 0 aliphatic carbocycles. The van der Waals surface area contributed by atoms with Gasteiger partial charge in [-0.2, -0.15) is 4.98 Å². The highest BCUT2D eigenvalue weighted by molar-refractivity contribution is 5.82. The maximum Gasteiger partial charge on any atom is 0.267 e. The van der Waals surface area contributed by atoms with Crippen molar-refractivity contribution in [1.82, 2.24) is 15.0 Å². The first-order valence-corrected chi connectivity index (χ1v) is 8.63. The van der Waals surface area contributed by atoms with Crippen LogP contribution in [-0.4, -0.2) is 46.2 Å². The van der Waals surface area contributed by atoms with E-state index in [0.29, 0.717) is 36.3 Å². The molecule has 3 heterocycles. The van der Waals surface area contributed by atoms with Crippen LogP contribution >= 0.6 is 0 Å². The quantitative estimate of drug-likeness (QED) is 0.833. The number of fused-ring (bicyclic) bond motifs is 1. The Hall–Kier alpha value is -2.57. The number of carbonyl (C=O) groups is 1. The molecule has 7 heteroatoms. The van der Waals surface area contributed by atoms with Gasteiger partial charge in [0.2, 0.25) is 12.0 Å². The standard InChI is InChI=1S/C18H21N3O4/c1-11-16(24-15-6-4-3-5-14(15)23-11)18(22)21-9-7-13(8-10-21)17-19-12(2)20-25-17/h3-6,11,13,16H,7-10H2,1-2H3/t11-,16+/m0/s1. The normalized spacial score (nSPS) is 23.5. The van der Waals surface area contributed by atoms with Gasteiger partial charge in [0.1, 0.15) is 6.10 Å². The molecule has 1 aromatic heterocycles. The van der Waals surface area contributed by atoms with E-state index in [2.05, 4.69) is 10.1 Å². The number of aromatic nitrogens is 2. The Morgan fingerprint density at radius 1 is 1.16 bits per heavy atom. The van der Waals surface area contributed by atoms with Crippen molar-refractivity contribution in [3.63, 3.8) is 0 Å². The van der Waals surface area contributed by atoms with Crippen LogP contribution in [0.15, 0.2) is 28.8 Å². The van der Waals surface area contributed by atoms with Crippen LogP contribution in [0, 0.1) is 6.92 Å². The number of rotatable bonds is 2. The van der Waals surface area contributed by atoms with Gasteiger partial charge < -0.3 is 18.9 Å². The molecule has 0 spiro atoms. The van der Waals surface area contributed by atoms with Crippen molar-refractivity contribution in [2.45, 2.75) is 44.8 Å². The molecule has 2 aromatic rings. The first-order valence-electron chi connectivity index (χ1n) is 8.63. The molecule has 0 N–H and O–H groups in total. The molecule has 1 fully saturated rings. The maximum absolute atomic E-state index is 12.9. The topological polar surface area (TPSA) is 77.7 Å². The SMILES string of the molecule is Cc1noc(C2CCN(C(=O)[C@@H]3Oc4ccccc4O[C@H]3C)CC2)n1. The lowest BCUT2D eigenvalue weighted by Gasteiger charge is -2.37. The molecule has 132 valence electrons. The van der Waals surface area contributed by atoms with Gasteiger partial charge in [0, 0.05) is 19.0 Å². The first-order chi connectivity index (χ1) is 12.1. The van der Waals surface area contributed by atoms with E-state index in [1.807, 2.05) is 43.0 Å². The average molecular weight is 343 g/mol. The predicted molar refractivity (Wildman–Crippen MR) is 88.5 cm³/mol. The van der Waals surface area contributed by atoms with Crippen LogP contribution in [-0.2, 0) is 4.79 Å². The van der Waals surface area contributed by atoms with Crippen LogP contribution in [0.3, 0.4) is 0 Å². The van der Waals surface area contributed by atoms with Crippen molar-refractivity contribution in [3.8, 4) is 11.5 Å². The first kappa shape index (κ1) is 15.9. The number of nitrogens with zero attached hydrogens (tertiary/aromatic N) is 3. The molecule has 2 aliphatic rings. The van der Waals surface area contributed by atoms with E-state index in [-0.39, 0.29) is 17.9 Å². The fourth-order valence-corrected chi connectivity index (χ4v) is 3.40. The van der Waals surface area contributed by atoms with E-state index in [1.54, 1.807) is 0 Å². The largest absolute Gasteiger partial charge is 0.482 e. The number of hydrogen-bond acceptors (Lipinski definition) is 6. The van der Waals surface area contributed by atoms with Gasteiger partial charge in [-0.15, -0.1) is 0 Å². The number of benzene rings is 1. The zero-order chi connectivity index (χ0) is 17.4. The van der Waals surface area contributed by atoms with E-state index in [1.165, 1.54) is 0 Å². The Balaban J connectivity index is 1.41. The number of amides is 1. The van der Waals surface area contributed by atoms with Crippen molar-refractivity contribution in [3.05, 3.63) is 36.0 Å². The van der Waals surface area contributed by atoms with E-state index in [4.69, 9.17) is 14.0 Å². The van der Waals surface area contributed by atoms with E-state index < -0.39 is 6.10 Å². The summed E-state index contributed by atoms with van der Waals surface area (Å²) in [4.78, 5) is 19.0. The molecule has 1 aromatic carbocycles. The van der Waals surface area contributed by atoms with Crippen molar-refractivity contribution < 1.29 is 18.8 Å². The number of hydrogen-bond donors (Lipinski definition) is 0. The van der Waals surface area contributed by atoms with Gasteiger partial charge in [-0.25, -0.2) is 0 Å². The number of aryl methyl sites for hydroxylation is 1. The van der Waals surface area contributed by atoms with Crippen molar-refractivity contribution in [2.24, 2.45) is 0 Å². The monoisotopic (exact) mass is 343 g/mol.